The second-order valence-corrected chi connectivity index (χ2v) is 3.96. The third-order valence-electron chi connectivity index (χ3n) is 2.80. The maximum absolute atomic E-state index is 13.9. The molecule has 0 aliphatic heterocycles. The lowest BCUT2D eigenvalue weighted by Gasteiger charge is -2.20. The minimum atomic E-state index is -0.408. The molecule has 0 atom stereocenters. The number of nitriles is 1. The Bertz CT molecular complexity index is 415. The van der Waals surface area contributed by atoms with Gasteiger partial charge in [0.15, 0.2) is 0 Å². The lowest BCUT2D eigenvalue weighted by molar-refractivity contribution is 0.112. The highest BCUT2D eigenvalue weighted by Crippen LogP contribution is 2.14. The van der Waals surface area contributed by atoms with Gasteiger partial charge in [-0.1, -0.05) is 19.1 Å². The van der Waals surface area contributed by atoms with E-state index in [1.54, 1.807) is 12.1 Å². The van der Waals surface area contributed by atoms with Gasteiger partial charge in [-0.05, 0) is 19.5 Å². The van der Waals surface area contributed by atoms with Crippen molar-refractivity contribution in [1.82, 2.24) is 4.90 Å². The summed E-state index contributed by atoms with van der Waals surface area (Å²) in [6.45, 7) is 7.40. The summed E-state index contributed by atoms with van der Waals surface area (Å²) in [6.07, 6.45) is 0. The van der Waals surface area contributed by atoms with Crippen LogP contribution >= 0.6 is 0 Å². The van der Waals surface area contributed by atoms with Gasteiger partial charge in [0.2, 0.25) is 0 Å². The fourth-order valence-corrected chi connectivity index (χ4v) is 1.72. The molecule has 0 radical (unpaired) electrons. The van der Waals surface area contributed by atoms with Gasteiger partial charge in [-0.15, -0.1) is 0 Å². The van der Waals surface area contributed by atoms with E-state index in [1.807, 2.05) is 19.9 Å². The van der Waals surface area contributed by atoms with Crippen molar-refractivity contribution in [2.24, 2.45) is 0 Å². The van der Waals surface area contributed by atoms with E-state index in [0.29, 0.717) is 25.3 Å². The molecule has 0 saturated heterocycles. The van der Waals surface area contributed by atoms with Gasteiger partial charge in [0.05, 0.1) is 12.2 Å². The van der Waals surface area contributed by atoms with Crippen molar-refractivity contribution >= 4 is 0 Å². The van der Waals surface area contributed by atoms with Crippen molar-refractivity contribution in [3.05, 3.63) is 35.1 Å². The summed E-state index contributed by atoms with van der Waals surface area (Å²) in [6, 6.07) is 6.79. The van der Waals surface area contributed by atoms with Crippen LogP contribution in [0.25, 0.3) is 0 Å². The Kier molecular flexibility index (Phi) is 6.34. The summed E-state index contributed by atoms with van der Waals surface area (Å²) in [7, 11) is 0. The summed E-state index contributed by atoms with van der Waals surface area (Å²) in [5.41, 5.74) is 0.667. The van der Waals surface area contributed by atoms with Gasteiger partial charge in [0.1, 0.15) is 11.9 Å². The van der Waals surface area contributed by atoms with E-state index in [-0.39, 0.29) is 5.56 Å². The standard InChI is InChI=1S/C14H19FN2O/c1-3-17(8-9-18-4-2)11-13-7-5-6-12(10-16)14(13)15/h5-7H,3-4,8-9,11H2,1-2H3. The lowest BCUT2D eigenvalue weighted by Crippen LogP contribution is -2.27. The molecule has 3 nitrogen and oxygen atoms in total. The Morgan fingerprint density at radius 1 is 1.39 bits per heavy atom. The first-order valence-electron chi connectivity index (χ1n) is 6.20. The van der Waals surface area contributed by atoms with Crippen molar-refractivity contribution in [3.8, 4) is 6.07 Å². The van der Waals surface area contributed by atoms with E-state index in [2.05, 4.69) is 4.90 Å². The molecule has 0 aliphatic rings. The maximum Gasteiger partial charge on any atom is 0.145 e. The van der Waals surface area contributed by atoms with Crippen LogP contribution in [0.1, 0.15) is 25.0 Å². The predicted octanol–water partition coefficient (Wildman–Crippen LogP) is 2.56. The average Bonchev–Trinajstić information content (AvgIpc) is 2.40. The molecule has 0 amide bonds. The van der Waals surface area contributed by atoms with Gasteiger partial charge in [-0.25, -0.2) is 4.39 Å². The zero-order valence-corrected chi connectivity index (χ0v) is 10.9. The van der Waals surface area contributed by atoms with Crippen molar-refractivity contribution in [2.75, 3.05) is 26.3 Å². The average molecular weight is 250 g/mol. The van der Waals surface area contributed by atoms with Crippen LogP contribution in [0, 0.1) is 17.1 Å². The fraction of sp³-hybridized carbons (Fsp3) is 0.500. The first-order chi connectivity index (χ1) is 8.72. The van der Waals surface area contributed by atoms with Gasteiger partial charge in [0.25, 0.3) is 0 Å². The predicted molar refractivity (Wildman–Crippen MR) is 68.6 cm³/mol. The second-order valence-electron chi connectivity index (χ2n) is 3.96. The first-order valence-corrected chi connectivity index (χ1v) is 6.20. The molecule has 1 aromatic carbocycles. The summed E-state index contributed by atoms with van der Waals surface area (Å²) in [5.74, 6) is -0.408. The van der Waals surface area contributed by atoms with Crippen LogP contribution in [0.15, 0.2) is 18.2 Å². The molecular formula is C14H19FN2O. The number of likely N-dealkylation sites (N-methyl/N-ethyl adjacent to an activating group) is 1. The first kappa shape index (κ1) is 14.6. The molecule has 0 N–H and O–H groups in total. The third-order valence-corrected chi connectivity index (χ3v) is 2.80. The SMILES string of the molecule is CCOCCN(CC)Cc1cccc(C#N)c1F. The smallest absolute Gasteiger partial charge is 0.145 e. The van der Waals surface area contributed by atoms with Crippen LogP contribution in [0.5, 0.6) is 0 Å². The molecular weight excluding hydrogens is 231 g/mol. The Hall–Kier alpha value is -1.44. The maximum atomic E-state index is 13.9. The van der Waals surface area contributed by atoms with Crippen LogP contribution in [0.4, 0.5) is 4.39 Å². The summed E-state index contributed by atoms with van der Waals surface area (Å²) < 4.78 is 19.2. The summed E-state index contributed by atoms with van der Waals surface area (Å²) >= 11 is 0. The summed E-state index contributed by atoms with van der Waals surface area (Å²) in [4.78, 5) is 2.09. The molecule has 18 heavy (non-hydrogen) atoms. The highest BCUT2D eigenvalue weighted by molar-refractivity contribution is 5.34. The van der Waals surface area contributed by atoms with E-state index >= 15 is 0 Å². The molecule has 1 aromatic rings. The van der Waals surface area contributed by atoms with Crippen LogP contribution in [0.3, 0.4) is 0 Å². The molecule has 0 fully saturated rings. The second kappa shape index (κ2) is 7.80. The highest BCUT2D eigenvalue weighted by Gasteiger charge is 2.10. The van der Waals surface area contributed by atoms with E-state index in [9.17, 15) is 4.39 Å². The number of hydrogen-bond donors (Lipinski definition) is 0. The molecule has 1 rings (SSSR count). The van der Waals surface area contributed by atoms with Gasteiger partial charge in [0, 0.05) is 25.3 Å². The highest BCUT2D eigenvalue weighted by atomic mass is 19.1. The van der Waals surface area contributed by atoms with Gasteiger partial charge < -0.3 is 4.74 Å². The molecule has 0 aromatic heterocycles. The van der Waals surface area contributed by atoms with Gasteiger partial charge >= 0.3 is 0 Å². The third kappa shape index (κ3) is 4.10. The number of rotatable bonds is 7. The Labute approximate surface area is 108 Å². The van der Waals surface area contributed by atoms with E-state index in [1.165, 1.54) is 6.07 Å². The Morgan fingerprint density at radius 2 is 2.17 bits per heavy atom. The molecule has 4 heteroatoms. The van der Waals surface area contributed by atoms with Crippen molar-refractivity contribution in [1.29, 1.82) is 5.26 Å². The van der Waals surface area contributed by atoms with Gasteiger partial charge in [-0.2, -0.15) is 5.26 Å². The number of nitrogens with zero attached hydrogens (tertiary/aromatic N) is 2. The van der Waals surface area contributed by atoms with Crippen LogP contribution in [0.2, 0.25) is 0 Å². The number of benzene rings is 1. The molecule has 0 spiro atoms. The van der Waals surface area contributed by atoms with Crippen LogP contribution < -0.4 is 0 Å². The Morgan fingerprint density at radius 3 is 2.78 bits per heavy atom. The van der Waals surface area contributed by atoms with Crippen LogP contribution in [-0.2, 0) is 11.3 Å². The van der Waals surface area contributed by atoms with E-state index in [0.717, 1.165) is 13.1 Å². The molecule has 0 saturated carbocycles. The van der Waals surface area contributed by atoms with E-state index < -0.39 is 5.82 Å². The monoisotopic (exact) mass is 250 g/mol. The molecule has 0 bridgehead atoms. The minimum absolute atomic E-state index is 0.105. The molecule has 0 aliphatic carbocycles. The quantitative estimate of drug-likeness (QED) is 0.698. The normalized spacial score (nSPS) is 10.6. The van der Waals surface area contributed by atoms with Crippen molar-refractivity contribution in [3.63, 3.8) is 0 Å². The Balaban J connectivity index is 2.67. The largest absolute Gasteiger partial charge is 0.380 e. The molecule has 0 heterocycles. The minimum Gasteiger partial charge on any atom is -0.380 e. The number of ether oxygens (including phenoxy) is 1. The number of halogens is 1. The summed E-state index contributed by atoms with van der Waals surface area (Å²) in [5, 5.41) is 8.78. The van der Waals surface area contributed by atoms with E-state index in [4.69, 9.17) is 10.00 Å². The zero-order chi connectivity index (χ0) is 13.4. The topological polar surface area (TPSA) is 36.3 Å². The van der Waals surface area contributed by atoms with Crippen molar-refractivity contribution in [2.45, 2.75) is 20.4 Å². The molecule has 98 valence electrons. The fourth-order valence-electron chi connectivity index (χ4n) is 1.72. The molecule has 0 unspecified atom stereocenters. The lowest BCUT2D eigenvalue weighted by atomic mass is 10.1. The zero-order valence-electron chi connectivity index (χ0n) is 10.9. The van der Waals surface area contributed by atoms with Crippen molar-refractivity contribution < 1.29 is 9.13 Å². The number of hydrogen-bond acceptors (Lipinski definition) is 3. The van der Waals surface area contributed by atoms with Gasteiger partial charge in [-0.3, -0.25) is 4.90 Å². The van der Waals surface area contributed by atoms with Crippen LogP contribution in [-0.4, -0.2) is 31.2 Å².